The summed E-state index contributed by atoms with van der Waals surface area (Å²) in [6.45, 7) is 8.03. The normalized spacial score (nSPS) is 14.5. The van der Waals surface area contributed by atoms with Gasteiger partial charge in [-0.25, -0.2) is 4.98 Å². The van der Waals surface area contributed by atoms with Gasteiger partial charge in [-0.3, -0.25) is 9.69 Å². The first-order valence-electron chi connectivity index (χ1n) is 11.5. The molecule has 1 aromatic heterocycles. The fourth-order valence-electron chi connectivity index (χ4n) is 4.33. The molecule has 2 heterocycles. The molecule has 3 aromatic carbocycles. The van der Waals surface area contributed by atoms with Gasteiger partial charge in [0.25, 0.3) is 0 Å². The van der Waals surface area contributed by atoms with Crippen LogP contribution in [0.25, 0.3) is 20.8 Å². The zero-order valence-corrected chi connectivity index (χ0v) is 20.9. The fraction of sp³-hybridized carbons (Fsp3) is 0.259. The third kappa shape index (κ3) is 5.09. The molecule has 0 aliphatic carbocycles. The Bertz CT molecular complexity index is 1330. The molecular weight excluding hydrogens is 464 g/mol. The van der Waals surface area contributed by atoms with E-state index in [2.05, 4.69) is 53.2 Å². The van der Waals surface area contributed by atoms with Crippen molar-refractivity contribution in [1.82, 2.24) is 9.88 Å². The van der Waals surface area contributed by atoms with Crippen molar-refractivity contribution in [2.45, 2.75) is 13.8 Å². The number of fused-ring (bicyclic) bond motifs is 1. The molecule has 5 nitrogen and oxygen atoms in total. The molecule has 174 valence electrons. The third-order valence-corrected chi connectivity index (χ3v) is 7.51. The van der Waals surface area contributed by atoms with E-state index in [1.165, 1.54) is 21.5 Å². The van der Waals surface area contributed by atoms with Crippen molar-refractivity contribution in [3.8, 4) is 10.6 Å². The molecule has 34 heavy (non-hydrogen) atoms. The standard InChI is InChI=1S/C27H27ClN4OS/c1-18-3-10-23-25(15-18)34-27(30-23)20-5-8-22(9-6-20)29-26(33)17-31-11-13-32(14-12-31)24-16-21(28)7-4-19(24)2/h3-10,15-16H,11-14,17H2,1-2H3,(H,29,33). The van der Waals surface area contributed by atoms with E-state index >= 15 is 0 Å². The maximum absolute atomic E-state index is 12.6. The Morgan fingerprint density at radius 1 is 1.00 bits per heavy atom. The van der Waals surface area contributed by atoms with Gasteiger partial charge in [-0.1, -0.05) is 23.7 Å². The molecule has 4 aromatic rings. The van der Waals surface area contributed by atoms with E-state index < -0.39 is 0 Å². The molecule has 5 rings (SSSR count). The van der Waals surface area contributed by atoms with Crippen LogP contribution < -0.4 is 10.2 Å². The van der Waals surface area contributed by atoms with Gasteiger partial charge in [-0.05, 0) is 73.5 Å². The Hall–Kier alpha value is -2.93. The number of anilines is 2. The van der Waals surface area contributed by atoms with Crippen LogP contribution in [0.3, 0.4) is 0 Å². The average molecular weight is 491 g/mol. The first-order chi connectivity index (χ1) is 16.4. The van der Waals surface area contributed by atoms with Gasteiger partial charge in [0.2, 0.25) is 5.91 Å². The van der Waals surface area contributed by atoms with Crippen molar-refractivity contribution in [2.24, 2.45) is 0 Å². The Kier molecular flexibility index (Phi) is 6.55. The Morgan fingerprint density at radius 3 is 2.53 bits per heavy atom. The molecule has 0 spiro atoms. The second kappa shape index (κ2) is 9.74. The number of piperazine rings is 1. The number of halogens is 1. The Labute approximate surface area is 209 Å². The van der Waals surface area contributed by atoms with Crippen LogP contribution in [0.2, 0.25) is 5.02 Å². The van der Waals surface area contributed by atoms with Crippen molar-refractivity contribution in [3.63, 3.8) is 0 Å². The molecule has 0 radical (unpaired) electrons. The molecule has 1 N–H and O–H groups in total. The number of thiazole rings is 1. The van der Waals surface area contributed by atoms with Crippen LogP contribution in [0.4, 0.5) is 11.4 Å². The van der Waals surface area contributed by atoms with E-state index in [1.54, 1.807) is 11.3 Å². The van der Waals surface area contributed by atoms with E-state index in [-0.39, 0.29) is 5.91 Å². The number of hydrogen-bond acceptors (Lipinski definition) is 5. The summed E-state index contributed by atoms with van der Waals surface area (Å²) in [6, 6.07) is 20.3. The summed E-state index contributed by atoms with van der Waals surface area (Å²) in [5, 5.41) is 4.78. The first kappa shape index (κ1) is 22.8. The minimum absolute atomic E-state index is 0.00981. The summed E-state index contributed by atoms with van der Waals surface area (Å²) >= 11 is 7.88. The number of hydrogen-bond donors (Lipinski definition) is 1. The fourth-order valence-corrected chi connectivity index (χ4v) is 5.56. The highest BCUT2D eigenvalue weighted by Gasteiger charge is 2.20. The van der Waals surface area contributed by atoms with E-state index in [0.717, 1.165) is 53.0 Å². The lowest BCUT2D eigenvalue weighted by molar-refractivity contribution is -0.117. The van der Waals surface area contributed by atoms with Crippen LogP contribution in [-0.2, 0) is 4.79 Å². The summed E-state index contributed by atoms with van der Waals surface area (Å²) in [6.07, 6.45) is 0. The van der Waals surface area contributed by atoms with Crippen molar-refractivity contribution in [1.29, 1.82) is 0 Å². The maximum Gasteiger partial charge on any atom is 0.238 e. The molecule has 0 unspecified atom stereocenters. The third-order valence-electron chi connectivity index (χ3n) is 6.21. The van der Waals surface area contributed by atoms with Gasteiger partial charge in [-0.15, -0.1) is 11.3 Å². The van der Waals surface area contributed by atoms with E-state index in [1.807, 2.05) is 36.4 Å². The molecular formula is C27H27ClN4OS. The average Bonchev–Trinajstić information content (AvgIpc) is 3.25. The van der Waals surface area contributed by atoms with Crippen molar-refractivity contribution in [2.75, 3.05) is 42.9 Å². The van der Waals surface area contributed by atoms with Gasteiger partial charge in [0, 0.05) is 48.1 Å². The molecule has 0 saturated carbocycles. The second-order valence-corrected chi connectivity index (χ2v) is 10.3. The lowest BCUT2D eigenvalue weighted by Crippen LogP contribution is -2.48. The van der Waals surface area contributed by atoms with Crippen LogP contribution in [0.15, 0.2) is 60.7 Å². The summed E-state index contributed by atoms with van der Waals surface area (Å²) in [4.78, 5) is 21.9. The molecule has 1 aliphatic heterocycles. The minimum Gasteiger partial charge on any atom is -0.369 e. The number of nitrogens with zero attached hydrogens (tertiary/aromatic N) is 3. The second-order valence-electron chi connectivity index (χ2n) is 8.81. The van der Waals surface area contributed by atoms with Crippen LogP contribution in [0.5, 0.6) is 0 Å². The molecule has 0 bridgehead atoms. The number of benzene rings is 3. The first-order valence-corrected chi connectivity index (χ1v) is 12.6. The SMILES string of the molecule is Cc1ccc2nc(-c3ccc(NC(=O)CN4CCN(c5cc(Cl)ccc5C)CC4)cc3)sc2c1. The Morgan fingerprint density at radius 2 is 1.76 bits per heavy atom. The molecule has 0 atom stereocenters. The number of amides is 1. The molecule has 7 heteroatoms. The monoisotopic (exact) mass is 490 g/mol. The summed E-state index contributed by atoms with van der Waals surface area (Å²) in [5.74, 6) is 0.00981. The quantitative estimate of drug-likeness (QED) is 0.373. The smallest absolute Gasteiger partial charge is 0.238 e. The lowest BCUT2D eigenvalue weighted by atomic mass is 10.1. The topological polar surface area (TPSA) is 48.5 Å². The van der Waals surface area contributed by atoms with Crippen molar-refractivity contribution >= 4 is 50.4 Å². The number of carbonyl (C=O) groups is 1. The number of rotatable bonds is 5. The van der Waals surface area contributed by atoms with Gasteiger partial charge < -0.3 is 10.2 Å². The number of nitrogens with one attached hydrogen (secondary N) is 1. The van der Waals surface area contributed by atoms with Gasteiger partial charge in [0.05, 0.1) is 16.8 Å². The zero-order valence-electron chi connectivity index (χ0n) is 19.3. The molecule has 1 aliphatic rings. The highest BCUT2D eigenvalue weighted by Crippen LogP contribution is 2.31. The predicted octanol–water partition coefficient (Wildman–Crippen LogP) is 5.99. The van der Waals surface area contributed by atoms with Crippen LogP contribution in [0.1, 0.15) is 11.1 Å². The van der Waals surface area contributed by atoms with E-state index in [4.69, 9.17) is 16.6 Å². The largest absolute Gasteiger partial charge is 0.369 e. The highest BCUT2D eigenvalue weighted by atomic mass is 35.5. The molecule has 1 saturated heterocycles. The van der Waals surface area contributed by atoms with Crippen LogP contribution in [0, 0.1) is 13.8 Å². The van der Waals surface area contributed by atoms with Gasteiger partial charge in [-0.2, -0.15) is 0 Å². The van der Waals surface area contributed by atoms with Gasteiger partial charge in [0.1, 0.15) is 5.01 Å². The summed E-state index contributed by atoms with van der Waals surface area (Å²) in [5.41, 5.74) is 6.53. The van der Waals surface area contributed by atoms with Crippen LogP contribution in [-0.4, -0.2) is 48.5 Å². The molecule has 1 amide bonds. The van der Waals surface area contributed by atoms with E-state index in [0.29, 0.717) is 6.54 Å². The maximum atomic E-state index is 12.6. The number of aryl methyl sites for hydroxylation is 2. The predicted molar refractivity (Wildman–Crippen MR) is 143 cm³/mol. The summed E-state index contributed by atoms with van der Waals surface area (Å²) < 4.78 is 1.19. The number of carbonyl (C=O) groups excluding carboxylic acids is 1. The van der Waals surface area contributed by atoms with Crippen molar-refractivity contribution in [3.05, 3.63) is 76.8 Å². The van der Waals surface area contributed by atoms with Crippen molar-refractivity contribution < 1.29 is 4.79 Å². The zero-order chi connectivity index (χ0) is 23.7. The molecule has 1 fully saturated rings. The van der Waals surface area contributed by atoms with E-state index in [9.17, 15) is 4.79 Å². The lowest BCUT2D eigenvalue weighted by Gasteiger charge is -2.36. The summed E-state index contributed by atoms with van der Waals surface area (Å²) in [7, 11) is 0. The minimum atomic E-state index is 0.00981. The Balaban J connectivity index is 1.15. The van der Waals surface area contributed by atoms with Gasteiger partial charge >= 0.3 is 0 Å². The van der Waals surface area contributed by atoms with Gasteiger partial charge in [0.15, 0.2) is 0 Å². The number of aromatic nitrogens is 1. The van der Waals surface area contributed by atoms with Crippen LogP contribution >= 0.6 is 22.9 Å². The highest BCUT2D eigenvalue weighted by molar-refractivity contribution is 7.21.